The molecule has 2 N–H and O–H groups in total. The van der Waals surface area contributed by atoms with E-state index in [2.05, 4.69) is 22.2 Å². The average molecular weight is 359 g/mol. The fourth-order valence-electron chi connectivity index (χ4n) is 2.03. The number of carbonyl (C=O) groups is 2. The van der Waals surface area contributed by atoms with Gasteiger partial charge in [-0.2, -0.15) is 0 Å². The fourth-order valence-corrected chi connectivity index (χ4v) is 2.72. The highest BCUT2D eigenvalue weighted by atomic mass is 32.1. The Balaban J connectivity index is 1.73. The van der Waals surface area contributed by atoms with Crippen molar-refractivity contribution < 1.29 is 14.3 Å². The van der Waals surface area contributed by atoms with Crippen LogP contribution in [-0.4, -0.2) is 36.6 Å². The fraction of sp³-hybridized carbons (Fsp3) is 0.278. The molecule has 1 heterocycles. The second-order valence-electron chi connectivity index (χ2n) is 5.40. The lowest BCUT2D eigenvalue weighted by Crippen LogP contribution is -2.31. The van der Waals surface area contributed by atoms with Gasteiger partial charge in [0, 0.05) is 18.5 Å². The summed E-state index contributed by atoms with van der Waals surface area (Å²) in [5.74, 6) is -0.775. The first-order chi connectivity index (χ1) is 12.1. The second-order valence-corrected chi connectivity index (χ2v) is 6.26. The summed E-state index contributed by atoms with van der Waals surface area (Å²) in [6.45, 7) is 6.33. The van der Waals surface area contributed by atoms with Gasteiger partial charge in [0.05, 0.1) is 0 Å². The maximum atomic E-state index is 11.9. The van der Waals surface area contributed by atoms with Crippen LogP contribution < -0.4 is 10.6 Å². The number of carbonyl (C=O) groups excluding carboxylic acids is 2. The molecule has 0 bridgehead atoms. The third kappa shape index (κ3) is 6.04. The van der Waals surface area contributed by atoms with Gasteiger partial charge in [-0.3, -0.25) is 4.79 Å². The largest absolute Gasteiger partial charge is 0.451 e. The van der Waals surface area contributed by atoms with Crippen LogP contribution >= 0.6 is 11.3 Å². The molecule has 1 atom stereocenters. The van der Waals surface area contributed by atoms with Crippen LogP contribution in [0.2, 0.25) is 0 Å². The Kier molecular flexibility index (Phi) is 7.16. The van der Waals surface area contributed by atoms with E-state index in [9.17, 15) is 9.59 Å². The van der Waals surface area contributed by atoms with Crippen molar-refractivity contribution >= 4 is 28.3 Å². The van der Waals surface area contributed by atoms with Gasteiger partial charge >= 0.3 is 5.97 Å². The van der Waals surface area contributed by atoms with Crippen molar-refractivity contribution in [2.75, 3.05) is 25.0 Å². The number of nitrogens with one attached hydrogen (secondary N) is 2. The minimum atomic E-state index is -0.617. The van der Waals surface area contributed by atoms with Crippen LogP contribution in [0, 0.1) is 0 Å². The van der Waals surface area contributed by atoms with E-state index in [4.69, 9.17) is 4.74 Å². The number of esters is 1. The number of hydrogen-bond acceptors (Lipinski definition) is 6. The van der Waals surface area contributed by atoms with E-state index in [1.54, 1.807) is 11.5 Å². The predicted molar refractivity (Wildman–Crippen MR) is 98.9 cm³/mol. The van der Waals surface area contributed by atoms with E-state index in [-0.39, 0.29) is 24.1 Å². The summed E-state index contributed by atoms with van der Waals surface area (Å²) >= 11 is 1.29. The molecule has 25 heavy (non-hydrogen) atoms. The maximum absolute atomic E-state index is 11.9. The Morgan fingerprint density at radius 3 is 2.84 bits per heavy atom. The summed E-state index contributed by atoms with van der Waals surface area (Å²) in [5, 5.41) is 7.94. The molecule has 1 aromatic heterocycles. The summed E-state index contributed by atoms with van der Waals surface area (Å²) in [4.78, 5) is 27.8. The summed E-state index contributed by atoms with van der Waals surface area (Å²) in [5.41, 5.74) is 1.32. The van der Waals surface area contributed by atoms with Crippen LogP contribution in [0.1, 0.15) is 28.9 Å². The quantitative estimate of drug-likeness (QED) is 0.532. The average Bonchev–Trinajstić information content (AvgIpc) is 3.12. The van der Waals surface area contributed by atoms with Crippen LogP contribution in [0.25, 0.3) is 0 Å². The number of benzene rings is 1. The summed E-state index contributed by atoms with van der Waals surface area (Å²) in [6, 6.07) is 9.89. The van der Waals surface area contributed by atoms with Crippen molar-refractivity contribution in [1.82, 2.24) is 10.3 Å². The van der Waals surface area contributed by atoms with Crippen molar-refractivity contribution in [3.8, 4) is 0 Å². The van der Waals surface area contributed by atoms with E-state index < -0.39 is 5.97 Å². The number of ether oxygens (including phenoxy) is 1. The number of thiazole rings is 1. The first-order valence-corrected chi connectivity index (χ1v) is 8.77. The minimum absolute atomic E-state index is 0.179. The zero-order valence-corrected chi connectivity index (χ0v) is 14.8. The van der Waals surface area contributed by atoms with Crippen molar-refractivity contribution in [1.29, 1.82) is 0 Å². The standard InChI is InChI=1S/C18H21N3O3S/c1-3-9-19-18-21-15(12-25-18)17(23)24-11-16(22)20-10-13(2)14-7-5-4-6-8-14/h3-8,12-13H,1,9-11H2,2H3,(H,19,21)(H,20,22). The molecule has 1 unspecified atom stereocenters. The molecule has 0 radical (unpaired) electrons. The molecule has 0 fully saturated rings. The van der Waals surface area contributed by atoms with E-state index in [1.807, 2.05) is 37.3 Å². The molecule has 0 aliphatic heterocycles. The molecule has 0 saturated heterocycles. The van der Waals surface area contributed by atoms with Gasteiger partial charge < -0.3 is 15.4 Å². The van der Waals surface area contributed by atoms with E-state index >= 15 is 0 Å². The van der Waals surface area contributed by atoms with Gasteiger partial charge in [-0.1, -0.05) is 43.3 Å². The van der Waals surface area contributed by atoms with E-state index in [0.717, 1.165) is 5.56 Å². The Labute approximate surface area is 150 Å². The van der Waals surface area contributed by atoms with Gasteiger partial charge in [-0.25, -0.2) is 9.78 Å². The molecular formula is C18H21N3O3S. The predicted octanol–water partition coefficient (Wildman–Crippen LogP) is 2.82. The van der Waals surface area contributed by atoms with Crippen molar-refractivity contribution in [3.05, 3.63) is 59.6 Å². The SMILES string of the molecule is C=CCNc1nc(C(=O)OCC(=O)NCC(C)c2ccccc2)cs1. The molecule has 132 valence electrons. The van der Waals surface area contributed by atoms with Gasteiger partial charge in [0.2, 0.25) is 0 Å². The van der Waals surface area contributed by atoms with Crippen LogP contribution in [0.15, 0.2) is 48.4 Å². The second kappa shape index (κ2) is 9.58. The summed E-state index contributed by atoms with van der Waals surface area (Å²) < 4.78 is 4.99. The first kappa shape index (κ1) is 18.7. The van der Waals surface area contributed by atoms with Crippen LogP contribution in [0.5, 0.6) is 0 Å². The molecule has 7 heteroatoms. The van der Waals surface area contributed by atoms with Crippen molar-refractivity contribution in [3.63, 3.8) is 0 Å². The Morgan fingerprint density at radius 2 is 2.12 bits per heavy atom. The first-order valence-electron chi connectivity index (χ1n) is 7.89. The van der Waals surface area contributed by atoms with E-state index in [0.29, 0.717) is 18.2 Å². The number of amides is 1. The Bertz CT molecular complexity index is 715. The highest BCUT2D eigenvalue weighted by Crippen LogP contribution is 2.16. The number of hydrogen-bond donors (Lipinski definition) is 2. The summed E-state index contributed by atoms with van der Waals surface area (Å²) in [6.07, 6.45) is 1.69. The molecule has 2 aromatic rings. The van der Waals surface area contributed by atoms with Gasteiger partial charge in [0.25, 0.3) is 5.91 Å². The monoisotopic (exact) mass is 359 g/mol. The van der Waals surface area contributed by atoms with Crippen LogP contribution in [0.3, 0.4) is 0 Å². The molecule has 1 aromatic carbocycles. The molecule has 0 spiro atoms. The minimum Gasteiger partial charge on any atom is -0.451 e. The van der Waals surface area contributed by atoms with Gasteiger partial charge in [-0.15, -0.1) is 17.9 Å². The van der Waals surface area contributed by atoms with Gasteiger partial charge in [0.1, 0.15) is 0 Å². The van der Waals surface area contributed by atoms with Crippen molar-refractivity contribution in [2.45, 2.75) is 12.8 Å². The molecule has 6 nitrogen and oxygen atoms in total. The summed E-state index contributed by atoms with van der Waals surface area (Å²) in [7, 11) is 0. The number of aromatic nitrogens is 1. The lowest BCUT2D eigenvalue weighted by atomic mass is 10.0. The van der Waals surface area contributed by atoms with Crippen LogP contribution in [-0.2, 0) is 9.53 Å². The number of nitrogens with zero attached hydrogens (tertiary/aromatic N) is 1. The molecule has 0 saturated carbocycles. The molecule has 2 rings (SSSR count). The highest BCUT2D eigenvalue weighted by Gasteiger charge is 2.14. The van der Waals surface area contributed by atoms with E-state index in [1.165, 1.54) is 11.3 Å². The third-order valence-corrected chi connectivity index (χ3v) is 4.22. The number of rotatable bonds is 9. The molecule has 0 aliphatic rings. The topological polar surface area (TPSA) is 80.3 Å². The van der Waals surface area contributed by atoms with Crippen molar-refractivity contribution in [2.24, 2.45) is 0 Å². The molecular weight excluding hydrogens is 338 g/mol. The Hall–Kier alpha value is -2.67. The molecule has 1 amide bonds. The number of anilines is 1. The Morgan fingerprint density at radius 1 is 1.36 bits per heavy atom. The highest BCUT2D eigenvalue weighted by molar-refractivity contribution is 7.13. The normalized spacial score (nSPS) is 11.4. The lowest BCUT2D eigenvalue weighted by Gasteiger charge is -2.13. The maximum Gasteiger partial charge on any atom is 0.358 e. The lowest BCUT2D eigenvalue weighted by molar-refractivity contribution is -0.124. The van der Waals surface area contributed by atoms with Gasteiger partial charge in [0.15, 0.2) is 17.4 Å². The molecule has 0 aliphatic carbocycles. The van der Waals surface area contributed by atoms with Crippen LogP contribution in [0.4, 0.5) is 5.13 Å². The zero-order valence-electron chi connectivity index (χ0n) is 14.0. The van der Waals surface area contributed by atoms with Gasteiger partial charge in [-0.05, 0) is 11.5 Å². The third-order valence-electron chi connectivity index (χ3n) is 3.42. The zero-order chi connectivity index (χ0) is 18.1. The smallest absolute Gasteiger partial charge is 0.358 e.